The highest BCUT2D eigenvalue weighted by Crippen LogP contribution is 2.41. The maximum absolute atomic E-state index is 6.39. The van der Waals surface area contributed by atoms with Gasteiger partial charge >= 0.3 is 0 Å². The van der Waals surface area contributed by atoms with Crippen molar-refractivity contribution in [3.63, 3.8) is 0 Å². The molecule has 0 aliphatic heterocycles. The van der Waals surface area contributed by atoms with Gasteiger partial charge in [-0.3, -0.25) is 8.97 Å². The van der Waals surface area contributed by atoms with Crippen molar-refractivity contribution in [3.05, 3.63) is 164 Å². The molecule has 0 saturated carbocycles. The SMILES string of the molecule is c1ccc2c(-c3ccc(-c4cccc5c4oc4ccccc45)cc3)nc(-n3c4ccccc4c4c5ccccc5c5nc6ccccc6n5c43)nc2c1. The van der Waals surface area contributed by atoms with Crippen LogP contribution in [0.5, 0.6) is 0 Å². The van der Waals surface area contributed by atoms with E-state index in [0.717, 1.165) is 105 Å². The molecule has 0 fully saturated rings. The van der Waals surface area contributed by atoms with E-state index in [-0.39, 0.29) is 0 Å². The molecule has 246 valence electrons. The molecule has 0 saturated heterocycles. The average Bonchev–Trinajstić information content (AvgIpc) is 3.91. The van der Waals surface area contributed by atoms with Crippen LogP contribution in [0.4, 0.5) is 0 Å². The number of aromatic nitrogens is 5. The van der Waals surface area contributed by atoms with Crippen LogP contribution in [0.1, 0.15) is 0 Å². The van der Waals surface area contributed by atoms with Crippen LogP contribution in [0.2, 0.25) is 0 Å². The summed E-state index contributed by atoms with van der Waals surface area (Å²) in [5, 5.41) is 7.78. The highest BCUT2D eigenvalue weighted by atomic mass is 16.3. The maximum Gasteiger partial charge on any atom is 0.236 e. The number of para-hydroxylation sites is 6. The van der Waals surface area contributed by atoms with E-state index in [4.69, 9.17) is 19.4 Å². The molecule has 12 aromatic rings. The van der Waals surface area contributed by atoms with E-state index in [1.54, 1.807) is 0 Å². The number of hydrogen-bond acceptors (Lipinski definition) is 4. The monoisotopic (exact) mass is 677 g/mol. The number of pyridine rings is 1. The number of imidazole rings is 1. The van der Waals surface area contributed by atoms with Gasteiger partial charge < -0.3 is 4.42 Å². The normalized spacial score (nSPS) is 12.2. The van der Waals surface area contributed by atoms with E-state index < -0.39 is 0 Å². The number of nitrogens with zero attached hydrogens (tertiary/aromatic N) is 5. The number of hydrogen-bond donors (Lipinski definition) is 0. The lowest BCUT2D eigenvalue weighted by atomic mass is 9.99. The minimum Gasteiger partial charge on any atom is -0.455 e. The van der Waals surface area contributed by atoms with Gasteiger partial charge in [-0.25, -0.2) is 15.0 Å². The predicted molar refractivity (Wildman–Crippen MR) is 216 cm³/mol. The van der Waals surface area contributed by atoms with Crippen molar-refractivity contribution in [3.8, 4) is 28.3 Å². The molecule has 0 N–H and O–H groups in total. The van der Waals surface area contributed by atoms with Crippen molar-refractivity contribution in [2.75, 3.05) is 0 Å². The lowest BCUT2D eigenvalue weighted by Gasteiger charge is -2.13. The van der Waals surface area contributed by atoms with E-state index in [1.807, 2.05) is 24.3 Å². The van der Waals surface area contributed by atoms with Crippen molar-refractivity contribution in [2.45, 2.75) is 0 Å². The van der Waals surface area contributed by atoms with Gasteiger partial charge in [0.15, 0.2) is 0 Å². The van der Waals surface area contributed by atoms with Gasteiger partial charge in [-0.2, -0.15) is 0 Å². The second-order valence-corrected chi connectivity index (χ2v) is 13.6. The number of fused-ring (bicyclic) bond motifs is 14. The van der Waals surface area contributed by atoms with Gasteiger partial charge in [0, 0.05) is 43.4 Å². The zero-order chi connectivity index (χ0) is 34.6. The first-order chi connectivity index (χ1) is 26.3. The molecule has 12 rings (SSSR count). The Hall–Kier alpha value is -7.31. The molecule has 53 heavy (non-hydrogen) atoms. The van der Waals surface area contributed by atoms with E-state index in [2.05, 4.69) is 148 Å². The van der Waals surface area contributed by atoms with Gasteiger partial charge in [-0.05, 0) is 41.3 Å². The zero-order valence-electron chi connectivity index (χ0n) is 28.2. The van der Waals surface area contributed by atoms with Gasteiger partial charge in [-0.15, -0.1) is 0 Å². The van der Waals surface area contributed by atoms with E-state index in [9.17, 15) is 0 Å². The van der Waals surface area contributed by atoms with Crippen molar-refractivity contribution >= 4 is 82.2 Å². The standard InChI is InChI=1S/C47H27N5O/c1-2-14-34-32(13-1)42-36-16-4-8-21-39(36)52(46(42)51-40-22-9-7-20-38(40)48-45(34)51)47-49-37-19-6-3-15-35(37)43(50-47)29-26-24-28(25-27-29)30-17-11-18-33-31-12-5-10-23-41(31)53-44(30)33/h1-27H. The molecule has 5 heterocycles. The molecule has 6 heteroatoms. The van der Waals surface area contributed by atoms with Gasteiger partial charge in [-0.1, -0.05) is 133 Å². The molecule has 0 atom stereocenters. The van der Waals surface area contributed by atoms with E-state index >= 15 is 0 Å². The van der Waals surface area contributed by atoms with Crippen molar-refractivity contribution in [1.29, 1.82) is 0 Å². The third kappa shape index (κ3) is 3.94. The van der Waals surface area contributed by atoms with Crippen LogP contribution in [0.25, 0.3) is 111 Å². The van der Waals surface area contributed by atoms with Crippen molar-refractivity contribution in [1.82, 2.24) is 23.9 Å². The third-order valence-electron chi connectivity index (χ3n) is 10.7. The molecule has 0 aliphatic rings. The van der Waals surface area contributed by atoms with Crippen molar-refractivity contribution in [2.24, 2.45) is 0 Å². The first kappa shape index (κ1) is 28.4. The second-order valence-electron chi connectivity index (χ2n) is 13.6. The fourth-order valence-electron chi connectivity index (χ4n) is 8.39. The molecule has 7 aromatic carbocycles. The number of benzene rings is 7. The van der Waals surface area contributed by atoms with Crippen LogP contribution in [0, 0.1) is 0 Å². The summed E-state index contributed by atoms with van der Waals surface area (Å²) in [5.74, 6) is 0.607. The highest BCUT2D eigenvalue weighted by Gasteiger charge is 2.23. The van der Waals surface area contributed by atoms with E-state index in [0.29, 0.717) is 5.95 Å². The minimum atomic E-state index is 0.607. The first-order valence-electron chi connectivity index (χ1n) is 17.8. The Morgan fingerprint density at radius 1 is 0.434 bits per heavy atom. The van der Waals surface area contributed by atoms with Crippen LogP contribution in [-0.4, -0.2) is 23.9 Å². The highest BCUT2D eigenvalue weighted by molar-refractivity contribution is 6.24. The molecule has 6 nitrogen and oxygen atoms in total. The summed E-state index contributed by atoms with van der Waals surface area (Å²) in [6.45, 7) is 0. The molecule has 5 aromatic heterocycles. The van der Waals surface area contributed by atoms with Gasteiger partial charge in [0.05, 0.1) is 27.8 Å². The molecule has 0 bridgehead atoms. The average molecular weight is 678 g/mol. The maximum atomic E-state index is 6.39. The Kier molecular flexibility index (Phi) is 5.68. The molecule has 0 spiro atoms. The third-order valence-corrected chi connectivity index (χ3v) is 10.7. The Morgan fingerprint density at radius 2 is 1.08 bits per heavy atom. The molecule has 0 unspecified atom stereocenters. The summed E-state index contributed by atoms with van der Waals surface area (Å²) in [4.78, 5) is 15.9. The van der Waals surface area contributed by atoms with Crippen LogP contribution in [-0.2, 0) is 0 Å². The van der Waals surface area contributed by atoms with Crippen LogP contribution in [0.3, 0.4) is 0 Å². The lowest BCUT2D eigenvalue weighted by molar-refractivity contribution is 0.670. The largest absolute Gasteiger partial charge is 0.455 e. The molecule has 0 radical (unpaired) electrons. The van der Waals surface area contributed by atoms with Crippen LogP contribution in [0.15, 0.2) is 168 Å². The summed E-state index contributed by atoms with van der Waals surface area (Å²) in [6, 6.07) is 57.0. The van der Waals surface area contributed by atoms with Gasteiger partial charge in [0.25, 0.3) is 0 Å². The predicted octanol–water partition coefficient (Wildman–Crippen LogP) is 11.9. The van der Waals surface area contributed by atoms with Gasteiger partial charge in [0.2, 0.25) is 5.95 Å². The lowest BCUT2D eigenvalue weighted by Crippen LogP contribution is -2.06. The van der Waals surface area contributed by atoms with Crippen LogP contribution < -0.4 is 0 Å². The smallest absolute Gasteiger partial charge is 0.236 e. The molecule has 0 amide bonds. The second kappa shape index (κ2) is 10.6. The van der Waals surface area contributed by atoms with E-state index in [1.165, 1.54) is 0 Å². The number of furan rings is 1. The summed E-state index contributed by atoms with van der Waals surface area (Å²) >= 11 is 0. The summed E-state index contributed by atoms with van der Waals surface area (Å²) in [5.41, 5.74) is 11.6. The Bertz CT molecular complexity index is 3460. The minimum absolute atomic E-state index is 0.607. The zero-order valence-corrected chi connectivity index (χ0v) is 28.2. The fraction of sp³-hybridized carbons (Fsp3) is 0. The molecular weight excluding hydrogens is 651 g/mol. The summed E-state index contributed by atoms with van der Waals surface area (Å²) < 4.78 is 10.9. The topological polar surface area (TPSA) is 61.2 Å². The summed E-state index contributed by atoms with van der Waals surface area (Å²) in [6.07, 6.45) is 0. The molecular formula is C47H27N5O. The van der Waals surface area contributed by atoms with Gasteiger partial charge in [0.1, 0.15) is 22.5 Å². The number of rotatable bonds is 3. The fourth-order valence-corrected chi connectivity index (χ4v) is 8.39. The Balaban J connectivity index is 1.13. The summed E-state index contributed by atoms with van der Waals surface area (Å²) in [7, 11) is 0. The first-order valence-corrected chi connectivity index (χ1v) is 17.8. The van der Waals surface area contributed by atoms with Crippen molar-refractivity contribution < 1.29 is 4.42 Å². The quantitative estimate of drug-likeness (QED) is 0.187. The Labute approximate surface area is 301 Å². The molecule has 0 aliphatic carbocycles. The van der Waals surface area contributed by atoms with Crippen LogP contribution >= 0.6 is 0 Å². The Morgan fingerprint density at radius 3 is 1.92 bits per heavy atom.